The summed E-state index contributed by atoms with van der Waals surface area (Å²) in [5.74, 6) is 5.77. The Labute approximate surface area is 234 Å². The number of pyridine rings is 1. The van der Waals surface area contributed by atoms with Crippen LogP contribution in [0.2, 0.25) is 0 Å². The average molecular weight is 553 g/mol. The van der Waals surface area contributed by atoms with Gasteiger partial charge in [0.15, 0.2) is 0 Å². The van der Waals surface area contributed by atoms with Gasteiger partial charge in [-0.25, -0.2) is 13.5 Å². The van der Waals surface area contributed by atoms with Crippen LogP contribution in [0, 0.1) is 11.8 Å². The van der Waals surface area contributed by atoms with Crippen molar-refractivity contribution in [2.75, 3.05) is 39.8 Å². The van der Waals surface area contributed by atoms with Crippen molar-refractivity contribution < 1.29 is 19.2 Å². The van der Waals surface area contributed by atoms with Crippen molar-refractivity contribution in [3.8, 4) is 23.1 Å². The highest BCUT2D eigenvalue weighted by atomic mass is 32.2. The third kappa shape index (κ3) is 6.76. The van der Waals surface area contributed by atoms with Gasteiger partial charge >= 0.3 is 0 Å². The van der Waals surface area contributed by atoms with E-state index < -0.39 is 21.3 Å². The normalized spacial score (nSPS) is 19.4. The highest BCUT2D eigenvalue weighted by Gasteiger charge is 2.40. The Bertz CT molecular complexity index is 1310. The zero-order valence-electron chi connectivity index (χ0n) is 23.8. The predicted octanol–water partition coefficient (Wildman–Crippen LogP) is 2.96. The van der Waals surface area contributed by atoms with Crippen molar-refractivity contribution in [3.05, 3.63) is 52.7 Å². The number of rotatable bonds is 5. The van der Waals surface area contributed by atoms with Gasteiger partial charge in [-0.2, -0.15) is 0 Å². The van der Waals surface area contributed by atoms with Gasteiger partial charge in [0.1, 0.15) is 22.3 Å². The first-order chi connectivity index (χ1) is 18.3. The Balaban J connectivity index is 1.86. The molecule has 1 amide bonds. The molecule has 0 aliphatic carbocycles. The lowest BCUT2D eigenvalue weighted by molar-refractivity contribution is 0.0658. The SMILES string of the molecule is CN1CCN(C(=O)c2cc3c(c(-c4cccc(C#CC(C)(C)O)c4)n2)[C@H](CCO)N([S@@](=O)C(C)(C)C)C3)CC1. The standard InChI is InChI=1S/C30H40N4O4S/c1-29(2,3)39(38)34-20-23-19-24(28(36)33-15-13-32(6)14-16-33)31-27(26(23)25(34)11-17-35)22-9-7-8-21(18-22)10-12-30(4,5)37/h7-9,18-19,25,35,37H,11,13-17,20H2,1-6H3/t25-,39-/m0/s1. The van der Waals surface area contributed by atoms with Crippen LogP contribution in [0.5, 0.6) is 0 Å². The maximum Gasteiger partial charge on any atom is 0.272 e. The minimum atomic E-state index is -1.33. The number of amides is 1. The molecular weight excluding hydrogens is 512 g/mol. The molecule has 4 rings (SSSR count). The van der Waals surface area contributed by atoms with E-state index in [1.165, 1.54) is 0 Å². The van der Waals surface area contributed by atoms with Crippen LogP contribution in [0.3, 0.4) is 0 Å². The average Bonchev–Trinajstić information content (AvgIpc) is 3.24. The van der Waals surface area contributed by atoms with Gasteiger partial charge in [-0.1, -0.05) is 24.0 Å². The van der Waals surface area contributed by atoms with Gasteiger partial charge in [0.05, 0.1) is 16.5 Å². The number of piperazine rings is 1. The lowest BCUT2D eigenvalue weighted by atomic mass is 9.95. The molecule has 39 heavy (non-hydrogen) atoms. The molecule has 2 aliphatic rings. The number of nitrogens with zero attached hydrogens (tertiary/aromatic N) is 4. The molecule has 1 fully saturated rings. The Morgan fingerprint density at radius 2 is 1.82 bits per heavy atom. The highest BCUT2D eigenvalue weighted by Crippen LogP contribution is 2.44. The third-order valence-corrected chi connectivity index (χ3v) is 8.81. The number of likely N-dealkylation sites (N-methyl/N-ethyl adjacent to an activating group) is 1. The Morgan fingerprint density at radius 3 is 2.44 bits per heavy atom. The van der Waals surface area contributed by atoms with Gasteiger partial charge in [-0.05, 0) is 71.8 Å². The smallest absolute Gasteiger partial charge is 0.272 e. The predicted molar refractivity (Wildman–Crippen MR) is 154 cm³/mol. The summed E-state index contributed by atoms with van der Waals surface area (Å²) < 4.78 is 15.0. The summed E-state index contributed by atoms with van der Waals surface area (Å²) in [6.45, 7) is 12.3. The second-order valence-corrected chi connectivity index (χ2v) is 14.1. The zero-order valence-corrected chi connectivity index (χ0v) is 24.6. The Morgan fingerprint density at radius 1 is 1.13 bits per heavy atom. The molecule has 3 heterocycles. The van der Waals surface area contributed by atoms with Crippen LogP contribution in [0.1, 0.15) is 74.3 Å². The molecule has 1 saturated heterocycles. The number of carbonyl (C=O) groups excluding carboxylic acids is 1. The molecule has 2 aromatic rings. The number of hydrogen-bond acceptors (Lipinski definition) is 6. The molecule has 2 N–H and O–H groups in total. The van der Waals surface area contributed by atoms with Crippen molar-refractivity contribution in [1.82, 2.24) is 19.1 Å². The van der Waals surface area contributed by atoms with Gasteiger partial charge in [-0.15, -0.1) is 0 Å². The van der Waals surface area contributed by atoms with E-state index in [-0.39, 0.29) is 18.6 Å². The molecule has 210 valence electrons. The van der Waals surface area contributed by atoms with E-state index in [1.807, 2.05) is 67.4 Å². The lowest BCUT2D eigenvalue weighted by Crippen LogP contribution is -2.47. The fourth-order valence-electron chi connectivity index (χ4n) is 4.94. The molecule has 8 nitrogen and oxygen atoms in total. The van der Waals surface area contributed by atoms with Crippen LogP contribution in [0.15, 0.2) is 30.3 Å². The van der Waals surface area contributed by atoms with E-state index in [4.69, 9.17) is 4.98 Å². The van der Waals surface area contributed by atoms with E-state index in [0.29, 0.717) is 43.0 Å². The molecular formula is C30H40N4O4S. The summed E-state index contributed by atoms with van der Waals surface area (Å²) in [5, 5.41) is 20.1. The summed E-state index contributed by atoms with van der Waals surface area (Å²) >= 11 is 0. The minimum absolute atomic E-state index is 0.0690. The van der Waals surface area contributed by atoms with Gasteiger partial charge in [-0.3, -0.25) is 4.79 Å². The fraction of sp³-hybridized carbons (Fsp3) is 0.533. The van der Waals surface area contributed by atoms with Crippen LogP contribution < -0.4 is 0 Å². The second-order valence-electron chi connectivity index (χ2n) is 11.9. The first kappa shape index (κ1) is 29.4. The lowest BCUT2D eigenvalue weighted by Gasteiger charge is -2.32. The number of hydrogen-bond donors (Lipinski definition) is 2. The number of aliphatic hydroxyl groups is 2. The van der Waals surface area contributed by atoms with E-state index >= 15 is 0 Å². The summed E-state index contributed by atoms with van der Waals surface area (Å²) in [6, 6.07) is 9.13. The van der Waals surface area contributed by atoms with Crippen molar-refractivity contribution in [2.45, 2.75) is 64.0 Å². The van der Waals surface area contributed by atoms with Crippen molar-refractivity contribution in [3.63, 3.8) is 0 Å². The van der Waals surface area contributed by atoms with E-state index in [2.05, 4.69) is 16.7 Å². The number of fused-ring (bicyclic) bond motifs is 1. The number of aromatic nitrogens is 1. The van der Waals surface area contributed by atoms with Crippen LogP contribution in [-0.2, 0) is 17.5 Å². The fourth-order valence-corrected chi connectivity index (χ4v) is 6.34. The topological polar surface area (TPSA) is 97.2 Å². The van der Waals surface area contributed by atoms with Crippen LogP contribution in [-0.4, -0.2) is 89.6 Å². The molecule has 9 heteroatoms. The third-order valence-electron chi connectivity index (χ3n) is 6.95. The van der Waals surface area contributed by atoms with Gasteiger partial charge in [0.25, 0.3) is 5.91 Å². The number of aliphatic hydroxyl groups excluding tert-OH is 1. The molecule has 1 aromatic carbocycles. The van der Waals surface area contributed by atoms with Crippen LogP contribution >= 0.6 is 0 Å². The van der Waals surface area contributed by atoms with Crippen LogP contribution in [0.4, 0.5) is 0 Å². The molecule has 1 aromatic heterocycles. The van der Waals surface area contributed by atoms with Crippen molar-refractivity contribution in [2.24, 2.45) is 0 Å². The molecule has 0 bridgehead atoms. The first-order valence-corrected chi connectivity index (χ1v) is 14.6. The summed E-state index contributed by atoms with van der Waals surface area (Å²) in [5.41, 5.74) is 3.18. The molecule has 0 spiro atoms. The first-order valence-electron chi connectivity index (χ1n) is 13.5. The quantitative estimate of drug-likeness (QED) is 0.554. The Hall–Kier alpha value is -2.61. The summed E-state index contributed by atoms with van der Waals surface area (Å²) in [4.78, 5) is 22.6. The second kappa shape index (κ2) is 11.5. The maximum absolute atomic E-state index is 13.6. The van der Waals surface area contributed by atoms with Crippen molar-refractivity contribution >= 4 is 16.9 Å². The van der Waals surface area contributed by atoms with E-state index in [1.54, 1.807) is 13.8 Å². The van der Waals surface area contributed by atoms with Crippen molar-refractivity contribution in [1.29, 1.82) is 0 Å². The van der Waals surface area contributed by atoms with E-state index in [0.717, 1.165) is 29.8 Å². The number of carbonyl (C=O) groups is 1. The van der Waals surface area contributed by atoms with Gasteiger partial charge in [0, 0.05) is 56.0 Å². The molecule has 2 aliphatic heterocycles. The largest absolute Gasteiger partial charge is 0.396 e. The van der Waals surface area contributed by atoms with E-state index in [9.17, 15) is 19.2 Å². The monoisotopic (exact) mass is 552 g/mol. The molecule has 0 unspecified atom stereocenters. The minimum Gasteiger partial charge on any atom is -0.396 e. The highest BCUT2D eigenvalue weighted by molar-refractivity contribution is 7.84. The maximum atomic E-state index is 13.6. The van der Waals surface area contributed by atoms with Gasteiger partial charge < -0.3 is 20.0 Å². The molecule has 0 radical (unpaired) electrons. The number of benzene rings is 1. The summed E-state index contributed by atoms with van der Waals surface area (Å²) in [6.07, 6.45) is 0.396. The molecule has 2 atom stereocenters. The van der Waals surface area contributed by atoms with Crippen LogP contribution in [0.25, 0.3) is 11.3 Å². The molecule has 0 saturated carbocycles. The van der Waals surface area contributed by atoms with Gasteiger partial charge in [0.2, 0.25) is 0 Å². The summed E-state index contributed by atoms with van der Waals surface area (Å²) in [7, 11) is 0.713. The zero-order chi connectivity index (χ0) is 28.5. The Kier molecular flexibility index (Phi) is 8.64.